The molecule has 144 valence electrons. The molecule has 2 N–H and O–H groups in total. The first kappa shape index (κ1) is 19.6. The van der Waals surface area contributed by atoms with Crippen LogP contribution in [0.2, 0.25) is 0 Å². The third-order valence-electron chi connectivity index (χ3n) is 4.56. The van der Waals surface area contributed by atoms with Crippen LogP contribution in [0.4, 0.5) is 4.79 Å². The molecule has 0 fully saturated rings. The molecule has 4 nitrogen and oxygen atoms in total. The topological polar surface area (TPSA) is 50.4 Å². The van der Waals surface area contributed by atoms with Crippen molar-refractivity contribution in [3.63, 3.8) is 0 Å². The van der Waals surface area contributed by atoms with Crippen LogP contribution in [-0.4, -0.2) is 12.6 Å². The highest BCUT2D eigenvalue weighted by molar-refractivity contribution is 5.75. The molecule has 0 heterocycles. The fourth-order valence-electron chi connectivity index (χ4n) is 3.09. The van der Waals surface area contributed by atoms with E-state index in [1.165, 1.54) is 0 Å². The predicted octanol–water partition coefficient (Wildman–Crippen LogP) is 4.81. The van der Waals surface area contributed by atoms with Crippen LogP contribution in [0.25, 0.3) is 0 Å². The smallest absolute Gasteiger partial charge is 0.315 e. The summed E-state index contributed by atoms with van der Waals surface area (Å²) in [6.07, 6.45) is 0. The molecule has 3 rings (SSSR count). The van der Waals surface area contributed by atoms with Crippen LogP contribution in [-0.2, 0) is 17.9 Å². The zero-order valence-electron chi connectivity index (χ0n) is 16.1. The van der Waals surface area contributed by atoms with Crippen molar-refractivity contribution in [3.05, 3.63) is 107 Å². The summed E-state index contributed by atoms with van der Waals surface area (Å²) in [6, 6.07) is 27.6. The normalized spacial score (nSPS) is 10.6. The quantitative estimate of drug-likeness (QED) is 0.594. The van der Waals surface area contributed by atoms with Gasteiger partial charge in [0.15, 0.2) is 0 Å². The molecule has 28 heavy (non-hydrogen) atoms. The van der Waals surface area contributed by atoms with E-state index in [0.29, 0.717) is 19.8 Å². The summed E-state index contributed by atoms with van der Waals surface area (Å²) in [5, 5.41) is 6.08. The second kappa shape index (κ2) is 10.3. The Morgan fingerprint density at radius 2 is 1.36 bits per heavy atom. The summed E-state index contributed by atoms with van der Waals surface area (Å²) in [5.74, 6) is 0. The number of rotatable bonds is 8. The Labute approximate surface area is 166 Å². The number of carbonyl (C=O) groups excluding carboxylic acids is 1. The Bertz CT molecular complexity index is 827. The number of benzene rings is 3. The van der Waals surface area contributed by atoms with Crippen molar-refractivity contribution in [1.29, 1.82) is 0 Å². The lowest BCUT2D eigenvalue weighted by atomic mass is 9.99. The molecule has 0 unspecified atom stereocenters. The number of ether oxygens (including phenoxy) is 1. The van der Waals surface area contributed by atoms with Gasteiger partial charge in [0.05, 0.1) is 12.6 Å². The molecule has 0 spiro atoms. The molecular weight excluding hydrogens is 348 g/mol. The summed E-state index contributed by atoms with van der Waals surface area (Å²) in [7, 11) is 0. The van der Waals surface area contributed by atoms with Crippen molar-refractivity contribution < 1.29 is 9.53 Å². The van der Waals surface area contributed by atoms with E-state index in [2.05, 4.69) is 10.6 Å². The molecule has 0 saturated carbocycles. The van der Waals surface area contributed by atoms with Gasteiger partial charge in [0.1, 0.15) is 0 Å². The number of carbonyl (C=O) groups is 1. The second-order valence-electron chi connectivity index (χ2n) is 6.49. The van der Waals surface area contributed by atoms with Crippen molar-refractivity contribution in [1.82, 2.24) is 10.6 Å². The standard InChI is InChI=1S/C24H26N2O2/c1-2-28-18-22-16-10-9-15-21(22)17-25-24(27)26-23(19-11-5-3-6-12-19)20-13-7-4-8-14-20/h3-16,23H,2,17-18H2,1H3,(H2,25,26,27). The van der Waals surface area contributed by atoms with Crippen molar-refractivity contribution in [3.8, 4) is 0 Å². The number of urea groups is 1. The van der Waals surface area contributed by atoms with Crippen LogP contribution in [0.15, 0.2) is 84.9 Å². The molecule has 0 aliphatic heterocycles. The van der Waals surface area contributed by atoms with Crippen molar-refractivity contribution >= 4 is 6.03 Å². The number of hydrogen-bond acceptors (Lipinski definition) is 2. The van der Waals surface area contributed by atoms with Crippen LogP contribution in [0.5, 0.6) is 0 Å². The molecule has 0 aliphatic carbocycles. The minimum absolute atomic E-state index is 0.205. The first-order valence-electron chi connectivity index (χ1n) is 9.56. The van der Waals surface area contributed by atoms with Crippen LogP contribution in [0, 0.1) is 0 Å². The summed E-state index contributed by atoms with van der Waals surface area (Å²) < 4.78 is 5.52. The maximum atomic E-state index is 12.6. The zero-order chi connectivity index (χ0) is 19.6. The molecule has 0 aliphatic rings. The first-order valence-corrected chi connectivity index (χ1v) is 9.56. The van der Waals surface area contributed by atoms with E-state index in [1.54, 1.807) is 0 Å². The summed E-state index contributed by atoms with van der Waals surface area (Å²) in [4.78, 5) is 12.6. The summed E-state index contributed by atoms with van der Waals surface area (Å²) in [6.45, 7) is 3.64. The monoisotopic (exact) mass is 374 g/mol. The largest absolute Gasteiger partial charge is 0.377 e. The van der Waals surface area contributed by atoms with Gasteiger partial charge in [0.2, 0.25) is 0 Å². The van der Waals surface area contributed by atoms with Gasteiger partial charge in [-0.15, -0.1) is 0 Å². The van der Waals surface area contributed by atoms with E-state index in [9.17, 15) is 4.79 Å². The van der Waals surface area contributed by atoms with Gasteiger partial charge in [-0.05, 0) is 29.2 Å². The van der Waals surface area contributed by atoms with Gasteiger partial charge in [-0.25, -0.2) is 4.79 Å². The van der Waals surface area contributed by atoms with E-state index in [4.69, 9.17) is 4.74 Å². The lowest BCUT2D eigenvalue weighted by Gasteiger charge is -2.20. The molecule has 2 amide bonds. The summed E-state index contributed by atoms with van der Waals surface area (Å²) in [5.41, 5.74) is 4.23. The van der Waals surface area contributed by atoms with Gasteiger partial charge in [-0.2, -0.15) is 0 Å². The fourth-order valence-corrected chi connectivity index (χ4v) is 3.09. The second-order valence-corrected chi connectivity index (χ2v) is 6.49. The number of amides is 2. The fraction of sp³-hybridized carbons (Fsp3) is 0.208. The molecule has 0 aromatic heterocycles. The zero-order valence-corrected chi connectivity index (χ0v) is 16.1. The van der Waals surface area contributed by atoms with Gasteiger partial charge in [0, 0.05) is 13.2 Å². The minimum atomic E-state index is -0.207. The number of hydrogen-bond donors (Lipinski definition) is 2. The average Bonchev–Trinajstić information content (AvgIpc) is 2.76. The molecular formula is C24H26N2O2. The minimum Gasteiger partial charge on any atom is -0.377 e. The molecule has 0 radical (unpaired) electrons. The van der Waals surface area contributed by atoms with E-state index in [0.717, 1.165) is 22.3 Å². The number of nitrogens with one attached hydrogen (secondary N) is 2. The summed E-state index contributed by atoms with van der Waals surface area (Å²) >= 11 is 0. The SMILES string of the molecule is CCOCc1ccccc1CNC(=O)NC(c1ccccc1)c1ccccc1. The van der Waals surface area contributed by atoms with E-state index in [-0.39, 0.29) is 12.1 Å². The van der Waals surface area contributed by atoms with Crippen LogP contribution in [0.3, 0.4) is 0 Å². The Morgan fingerprint density at radius 1 is 0.821 bits per heavy atom. The van der Waals surface area contributed by atoms with Crippen molar-refractivity contribution in [2.24, 2.45) is 0 Å². The van der Waals surface area contributed by atoms with E-state index < -0.39 is 0 Å². The van der Waals surface area contributed by atoms with Crippen molar-refractivity contribution in [2.45, 2.75) is 26.1 Å². The molecule has 4 heteroatoms. The molecule has 0 atom stereocenters. The van der Waals surface area contributed by atoms with E-state index in [1.807, 2.05) is 91.9 Å². The Balaban J connectivity index is 1.68. The van der Waals surface area contributed by atoms with Crippen LogP contribution < -0.4 is 10.6 Å². The first-order chi connectivity index (χ1) is 13.8. The third-order valence-corrected chi connectivity index (χ3v) is 4.56. The van der Waals surface area contributed by atoms with E-state index >= 15 is 0 Å². The Hall–Kier alpha value is -3.11. The molecule has 0 bridgehead atoms. The van der Waals surface area contributed by atoms with Crippen LogP contribution >= 0.6 is 0 Å². The highest BCUT2D eigenvalue weighted by Gasteiger charge is 2.16. The van der Waals surface area contributed by atoms with Gasteiger partial charge in [-0.1, -0.05) is 84.9 Å². The Kier molecular flexibility index (Phi) is 7.21. The third kappa shape index (κ3) is 5.44. The van der Waals surface area contributed by atoms with Gasteiger partial charge < -0.3 is 15.4 Å². The molecule has 3 aromatic rings. The lowest BCUT2D eigenvalue weighted by molar-refractivity contribution is 0.133. The van der Waals surface area contributed by atoms with Crippen LogP contribution in [0.1, 0.15) is 35.2 Å². The van der Waals surface area contributed by atoms with Crippen molar-refractivity contribution in [2.75, 3.05) is 6.61 Å². The molecule has 3 aromatic carbocycles. The highest BCUT2D eigenvalue weighted by Crippen LogP contribution is 2.21. The maximum Gasteiger partial charge on any atom is 0.315 e. The highest BCUT2D eigenvalue weighted by atomic mass is 16.5. The molecule has 0 saturated heterocycles. The lowest BCUT2D eigenvalue weighted by Crippen LogP contribution is -2.38. The predicted molar refractivity (Wildman–Crippen MR) is 112 cm³/mol. The maximum absolute atomic E-state index is 12.6. The van der Waals surface area contributed by atoms with Gasteiger partial charge in [0.25, 0.3) is 0 Å². The van der Waals surface area contributed by atoms with Gasteiger partial charge in [-0.3, -0.25) is 0 Å². The van der Waals surface area contributed by atoms with Gasteiger partial charge >= 0.3 is 6.03 Å². The average molecular weight is 374 g/mol. The Morgan fingerprint density at radius 3 is 1.93 bits per heavy atom.